The van der Waals surface area contributed by atoms with Crippen LogP contribution in [0.1, 0.15) is 56.3 Å². The minimum Gasteiger partial charge on any atom is -0.496 e. The Hall–Kier alpha value is -2.42. The molecule has 0 radical (unpaired) electrons. The summed E-state index contributed by atoms with van der Waals surface area (Å²) in [5.41, 5.74) is 4.31. The lowest BCUT2D eigenvalue weighted by Gasteiger charge is -2.27. The maximum Gasteiger partial charge on any atom is 0.198 e. The molecular weight excluding hydrogens is 288 g/mol. The van der Waals surface area contributed by atoms with E-state index in [0.29, 0.717) is 33.9 Å². The second kappa shape index (κ2) is 5.05. The average Bonchev–Trinajstić information content (AvgIpc) is 2.57. The summed E-state index contributed by atoms with van der Waals surface area (Å²) in [6, 6.07) is 9.07. The summed E-state index contributed by atoms with van der Waals surface area (Å²) >= 11 is 0. The van der Waals surface area contributed by atoms with Crippen LogP contribution in [0.4, 0.5) is 0 Å². The fourth-order valence-corrected chi connectivity index (χ4v) is 3.88. The molecule has 116 valence electrons. The van der Waals surface area contributed by atoms with Crippen molar-refractivity contribution in [3.8, 4) is 5.75 Å². The highest BCUT2D eigenvalue weighted by atomic mass is 16.5. The van der Waals surface area contributed by atoms with E-state index in [9.17, 15) is 9.59 Å². The Morgan fingerprint density at radius 1 is 1.00 bits per heavy atom. The number of ether oxygens (including phenoxy) is 1. The predicted octanol–water partition coefficient (Wildman–Crippen LogP) is 3.60. The number of carbonyl (C=O) groups is 2. The van der Waals surface area contributed by atoms with E-state index in [1.54, 1.807) is 18.2 Å². The number of fused-ring (bicyclic) bond motifs is 4. The van der Waals surface area contributed by atoms with Crippen molar-refractivity contribution in [1.82, 2.24) is 0 Å². The normalized spacial score (nSPS) is 19.0. The van der Waals surface area contributed by atoms with Gasteiger partial charge in [-0.2, -0.15) is 0 Å². The Kier molecular flexibility index (Phi) is 3.12. The maximum absolute atomic E-state index is 13.1. The Balaban J connectivity index is 1.97. The minimum atomic E-state index is -0.103. The van der Waals surface area contributed by atoms with Crippen molar-refractivity contribution in [1.29, 1.82) is 0 Å². The van der Waals surface area contributed by atoms with E-state index in [1.807, 2.05) is 12.1 Å². The van der Waals surface area contributed by atoms with Gasteiger partial charge < -0.3 is 4.74 Å². The van der Waals surface area contributed by atoms with E-state index in [0.717, 1.165) is 24.8 Å². The average molecular weight is 306 g/mol. The van der Waals surface area contributed by atoms with Gasteiger partial charge in [0.2, 0.25) is 0 Å². The molecule has 0 fully saturated rings. The van der Waals surface area contributed by atoms with Gasteiger partial charge in [0.15, 0.2) is 11.6 Å². The molecule has 0 aromatic heterocycles. The third kappa shape index (κ3) is 1.96. The van der Waals surface area contributed by atoms with E-state index < -0.39 is 0 Å². The first kappa shape index (κ1) is 14.2. The van der Waals surface area contributed by atoms with Gasteiger partial charge in [-0.3, -0.25) is 9.59 Å². The quantitative estimate of drug-likeness (QED) is 0.690. The number of benzene rings is 2. The molecule has 0 N–H and O–H groups in total. The summed E-state index contributed by atoms with van der Waals surface area (Å²) in [6.07, 6.45) is 2.92. The van der Waals surface area contributed by atoms with Crippen LogP contribution in [0.3, 0.4) is 0 Å². The molecule has 1 atom stereocenters. The third-order valence-electron chi connectivity index (χ3n) is 5.05. The highest BCUT2D eigenvalue weighted by Gasteiger charge is 2.35. The van der Waals surface area contributed by atoms with Crippen LogP contribution in [-0.2, 0) is 12.8 Å². The molecule has 2 aromatic rings. The molecule has 3 heteroatoms. The molecule has 4 rings (SSSR count). The highest BCUT2D eigenvalue weighted by Crippen LogP contribution is 2.38. The van der Waals surface area contributed by atoms with Crippen molar-refractivity contribution < 1.29 is 14.3 Å². The van der Waals surface area contributed by atoms with Crippen molar-refractivity contribution in [3.05, 3.63) is 63.7 Å². The smallest absolute Gasteiger partial charge is 0.198 e. The van der Waals surface area contributed by atoms with Crippen LogP contribution in [-0.4, -0.2) is 18.7 Å². The van der Waals surface area contributed by atoms with Crippen molar-refractivity contribution in [2.75, 3.05) is 7.11 Å². The molecule has 0 bridgehead atoms. The summed E-state index contributed by atoms with van der Waals surface area (Å²) < 4.78 is 5.30. The molecular formula is C20H18O3. The maximum atomic E-state index is 13.1. The molecule has 0 heterocycles. The lowest BCUT2D eigenvalue weighted by atomic mass is 9.75. The van der Waals surface area contributed by atoms with E-state index in [1.165, 1.54) is 12.7 Å². The van der Waals surface area contributed by atoms with Gasteiger partial charge in [-0.05, 0) is 48.4 Å². The van der Waals surface area contributed by atoms with E-state index in [2.05, 4.69) is 6.92 Å². The van der Waals surface area contributed by atoms with Crippen LogP contribution in [0, 0.1) is 5.92 Å². The SMILES string of the molecule is COc1cccc2c1C(=O)c1ccc3c(c1C2=O)CC[C@@H](C)C3. The summed E-state index contributed by atoms with van der Waals surface area (Å²) in [7, 11) is 1.52. The number of rotatable bonds is 1. The first-order valence-corrected chi connectivity index (χ1v) is 8.03. The van der Waals surface area contributed by atoms with E-state index in [4.69, 9.17) is 4.74 Å². The second-order valence-electron chi connectivity index (χ2n) is 6.51. The van der Waals surface area contributed by atoms with Crippen molar-refractivity contribution >= 4 is 11.6 Å². The minimum absolute atomic E-state index is 0.0418. The molecule has 23 heavy (non-hydrogen) atoms. The third-order valence-corrected chi connectivity index (χ3v) is 5.05. The largest absolute Gasteiger partial charge is 0.496 e. The molecule has 2 aromatic carbocycles. The van der Waals surface area contributed by atoms with Gasteiger partial charge in [-0.25, -0.2) is 0 Å². The molecule has 2 aliphatic rings. The zero-order chi connectivity index (χ0) is 16.1. The first-order chi connectivity index (χ1) is 11.1. The summed E-state index contributed by atoms with van der Waals surface area (Å²) in [5, 5.41) is 0. The van der Waals surface area contributed by atoms with Gasteiger partial charge in [0.25, 0.3) is 0 Å². The lowest BCUT2D eigenvalue weighted by molar-refractivity contribution is 0.0975. The van der Waals surface area contributed by atoms with Gasteiger partial charge in [-0.15, -0.1) is 0 Å². The van der Waals surface area contributed by atoms with Crippen LogP contribution in [0.2, 0.25) is 0 Å². The Bertz CT molecular complexity index is 848. The number of ketones is 2. The fourth-order valence-electron chi connectivity index (χ4n) is 3.88. The molecule has 0 amide bonds. The number of carbonyl (C=O) groups excluding carboxylic acids is 2. The van der Waals surface area contributed by atoms with Gasteiger partial charge in [0.1, 0.15) is 5.75 Å². The Labute approximate surface area is 135 Å². The van der Waals surface area contributed by atoms with Gasteiger partial charge in [0, 0.05) is 16.7 Å². The van der Waals surface area contributed by atoms with Crippen LogP contribution >= 0.6 is 0 Å². The highest BCUT2D eigenvalue weighted by molar-refractivity contribution is 6.29. The topological polar surface area (TPSA) is 43.4 Å². The number of hydrogen-bond donors (Lipinski definition) is 0. The number of hydrogen-bond acceptors (Lipinski definition) is 3. The predicted molar refractivity (Wildman–Crippen MR) is 87.5 cm³/mol. The zero-order valence-electron chi connectivity index (χ0n) is 13.3. The van der Waals surface area contributed by atoms with Gasteiger partial charge >= 0.3 is 0 Å². The monoisotopic (exact) mass is 306 g/mol. The molecule has 0 unspecified atom stereocenters. The summed E-state index contributed by atoms with van der Waals surface area (Å²) in [4.78, 5) is 26.0. The fraction of sp³-hybridized carbons (Fsp3) is 0.300. The second-order valence-corrected chi connectivity index (χ2v) is 6.51. The first-order valence-electron chi connectivity index (χ1n) is 8.03. The molecule has 3 nitrogen and oxygen atoms in total. The van der Waals surface area contributed by atoms with Gasteiger partial charge in [-0.1, -0.05) is 25.1 Å². The standard InChI is InChI=1S/C20H18O3/c1-11-6-8-13-12(10-11)7-9-15-17(13)19(21)14-4-3-5-16(23-2)18(14)20(15)22/h3-5,7,9,11H,6,8,10H2,1-2H3/t11-/m1/s1. The Morgan fingerprint density at radius 2 is 1.74 bits per heavy atom. The molecule has 0 saturated carbocycles. The molecule has 0 spiro atoms. The Morgan fingerprint density at radius 3 is 2.52 bits per heavy atom. The van der Waals surface area contributed by atoms with Crippen molar-refractivity contribution in [2.24, 2.45) is 5.92 Å². The molecule has 0 saturated heterocycles. The van der Waals surface area contributed by atoms with Crippen molar-refractivity contribution in [2.45, 2.75) is 26.2 Å². The summed E-state index contributed by atoms with van der Waals surface area (Å²) in [5.74, 6) is 0.952. The van der Waals surface area contributed by atoms with E-state index in [-0.39, 0.29) is 11.6 Å². The van der Waals surface area contributed by atoms with Crippen LogP contribution in [0.25, 0.3) is 0 Å². The van der Waals surface area contributed by atoms with Crippen LogP contribution < -0.4 is 4.74 Å². The number of methoxy groups -OCH3 is 1. The summed E-state index contributed by atoms with van der Waals surface area (Å²) in [6.45, 7) is 2.23. The zero-order valence-corrected chi connectivity index (χ0v) is 13.3. The van der Waals surface area contributed by atoms with E-state index >= 15 is 0 Å². The molecule has 0 aliphatic heterocycles. The van der Waals surface area contributed by atoms with Crippen LogP contribution in [0.5, 0.6) is 5.75 Å². The van der Waals surface area contributed by atoms with Crippen LogP contribution in [0.15, 0.2) is 30.3 Å². The van der Waals surface area contributed by atoms with Crippen molar-refractivity contribution in [3.63, 3.8) is 0 Å². The lowest BCUT2D eigenvalue weighted by Crippen LogP contribution is -2.26. The molecule has 2 aliphatic carbocycles. The van der Waals surface area contributed by atoms with Gasteiger partial charge in [0.05, 0.1) is 12.7 Å².